The minimum absolute atomic E-state index is 0.0399. The first-order valence-corrected chi connectivity index (χ1v) is 11.0. The number of hydrogen-bond acceptors (Lipinski definition) is 3. The number of nitrogens with one attached hydrogen (secondary N) is 1. The molecule has 2 aromatic carbocycles. The van der Waals surface area contributed by atoms with Crippen molar-refractivity contribution in [3.05, 3.63) is 60.2 Å². The van der Waals surface area contributed by atoms with Gasteiger partial charge in [0.2, 0.25) is 5.91 Å². The van der Waals surface area contributed by atoms with Crippen molar-refractivity contribution in [2.45, 2.75) is 50.4 Å². The van der Waals surface area contributed by atoms with Crippen LogP contribution in [0.4, 0.5) is 5.69 Å². The molecule has 158 valence electrons. The molecule has 5 heteroatoms. The molecule has 1 saturated carbocycles. The number of amides is 2. The molecule has 1 aliphatic heterocycles. The van der Waals surface area contributed by atoms with Crippen molar-refractivity contribution in [1.29, 1.82) is 0 Å². The van der Waals surface area contributed by atoms with Crippen molar-refractivity contribution in [3.8, 4) is 5.75 Å². The predicted octanol–water partition coefficient (Wildman–Crippen LogP) is 4.53. The molecule has 0 spiro atoms. The number of benzene rings is 2. The van der Waals surface area contributed by atoms with Crippen molar-refractivity contribution in [2.24, 2.45) is 0 Å². The molecular weight excluding hydrogens is 376 g/mol. The van der Waals surface area contributed by atoms with Gasteiger partial charge in [-0.3, -0.25) is 9.59 Å². The molecule has 1 saturated heterocycles. The molecule has 0 bridgehead atoms. The second-order valence-electron chi connectivity index (χ2n) is 8.36. The minimum atomic E-state index is -0.447. The summed E-state index contributed by atoms with van der Waals surface area (Å²) in [7, 11) is 0. The fourth-order valence-electron chi connectivity index (χ4n) is 4.65. The molecule has 1 N–H and O–H groups in total. The van der Waals surface area contributed by atoms with E-state index in [1.165, 1.54) is 6.42 Å². The van der Waals surface area contributed by atoms with Crippen LogP contribution in [-0.4, -0.2) is 36.4 Å². The fraction of sp³-hybridized carbons (Fsp3) is 0.440. The van der Waals surface area contributed by atoms with Crippen molar-refractivity contribution in [2.75, 3.05) is 25.0 Å². The zero-order chi connectivity index (χ0) is 20.8. The summed E-state index contributed by atoms with van der Waals surface area (Å²) in [4.78, 5) is 27.3. The fourth-order valence-corrected chi connectivity index (χ4v) is 4.65. The van der Waals surface area contributed by atoms with Gasteiger partial charge in [-0.2, -0.15) is 0 Å². The maximum atomic E-state index is 13.2. The number of rotatable bonds is 6. The van der Waals surface area contributed by atoms with Crippen LogP contribution in [0.2, 0.25) is 0 Å². The number of ether oxygens (including phenoxy) is 1. The zero-order valence-electron chi connectivity index (χ0n) is 17.4. The SMILES string of the molecule is O=C(COc1ccc(NC(=O)C2(c3ccccc3)CCCC2)cc1)N1CCCCC1. The van der Waals surface area contributed by atoms with Gasteiger partial charge in [0, 0.05) is 18.8 Å². The van der Waals surface area contributed by atoms with E-state index >= 15 is 0 Å². The summed E-state index contributed by atoms with van der Waals surface area (Å²) in [6, 6.07) is 17.4. The number of likely N-dealkylation sites (tertiary alicyclic amines) is 1. The highest BCUT2D eigenvalue weighted by molar-refractivity contribution is 5.99. The molecule has 0 radical (unpaired) electrons. The van der Waals surface area contributed by atoms with Crippen LogP contribution in [0.1, 0.15) is 50.5 Å². The number of hydrogen-bond donors (Lipinski definition) is 1. The van der Waals surface area contributed by atoms with Crippen LogP contribution in [0.15, 0.2) is 54.6 Å². The molecule has 2 aliphatic rings. The van der Waals surface area contributed by atoms with Gasteiger partial charge in [-0.1, -0.05) is 43.2 Å². The maximum Gasteiger partial charge on any atom is 0.260 e. The molecule has 0 aromatic heterocycles. The third-order valence-corrected chi connectivity index (χ3v) is 6.40. The van der Waals surface area contributed by atoms with Crippen LogP contribution >= 0.6 is 0 Å². The second kappa shape index (κ2) is 9.33. The predicted molar refractivity (Wildman–Crippen MR) is 118 cm³/mol. The van der Waals surface area contributed by atoms with Gasteiger partial charge in [0.1, 0.15) is 5.75 Å². The zero-order valence-corrected chi connectivity index (χ0v) is 17.4. The minimum Gasteiger partial charge on any atom is -0.484 e. The Morgan fingerprint density at radius 3 is 2.20 bits per heavy atom. The third kappa shape index (κ3) is 4.50. The Morgan fingerprint density at radius 1 is 0.867 bits per heavy atom. The average molecular weight is 407 g/mol. The van der Waals surface area contributed by atoms with Crippen LogP contribution in [0.5, 0.6) is 5.75 Å². The van der Waals surface area contributed by atoms with Crippen molar-refractivity contribution in [3.63, 3.8) is 0 Å². The van der Waals surface area contributed by atoms with Gasteiger partial charge in [0.05, 0.1) is 5.41 Å². The van der Waals surface area contributed by atoms with Gasteiger partial charge in [0.25, 0.3) is 5.91 Å². The molecule has 2 fully saturated rings. The highest BCUT2D eigenvalue weighted by atomic mass is 16.5. The topological polar surface area (TPSA) is 58.6 Å². The van der Waals surface area contributed by atoms with E-state index in [0.29, 0.717) is 5.75 Å². The summed E-state index contributed by atoms with van der Waals surface area (Å²) in [6.45, 7) is 1.72. The van der Waals surface area contributed by atoms with E-state index in [2.05, 4.69) is 17.4 Å². The van der Waals surface area contributed by atoms with Crippen molar-refractivity contribution < 1.29 is 14.3 Å². The van der Waals surface area contributed by atoms with E-state index in [1.807, 2.05) is 47.4 Å². The van der Waals surface area contributed by atoms with E-state index < -0.39 is 5.41 Å². The normalized spacial score (nSPS) is 18.1. The Balaban J connectivity index is 1.36. The average Bonchev–Trinajstić information content (AvgIpc) is 3.31. The van der Waals surface area contributed by atoms with E-state index in [-0.39, 0.29) is 18.4 Å². The van der Waals surface area contributed by atoms with Crippen molar-refractivity contribution >= 4 is 17.5 Å². The Hall–Kier alpha value is -2.82. The molecule has 0 atom stereocenters. The van der Waals surface area contributed by atoms with Gasteiger partial charge in [-0.15, -0.1) is 0 Å². The van der Waals surface area contributed by atoms with Crippen LogP contribution in [0.3, 0.4) is 0 Å². The summed E-state index contributed by atoms with van der Waals surface area (Å²) in [5.74, 6) is 0.732. The van der Waals surface area contributed by atoms with E-state index in [4.69, 9.17) is 4.74 Å². The first-order chi connectivity index (χ1) is 14.7. The van der Waals surface area contributed by atoms with Crippen LogP contribution in [0.25, 0.3) is 0 Å². The van der Waals surface area contributed by atoms with Gasteiger partial charge in [-0.05, 0) is 61.9 Å². The maximum absolute atomic E-state index is 13.2. The van der Waals surface area contributed by atoms with Gasteiger partial charge in [-0.25, -0.2) is 0 Å². The Kier molecular flexibility index (Phi) is 6.36. The van der Waals surface area contributed by atoms with Gasteiger partial charge < -0.3 is 15.0 Å². The largest absolute Gasteiger partial charge is 0.484 e. The smallest absolute Gasteiger partial charge is 0.260 e. The number of anilines is 1. The third-order valence-electron chi connectivity index (χ3n) is 6.40. The lowest BCUT2D eigenvalue weighted by Crippen LogP contribution is -2.38. The van der Waals surface area contributed by atoms with Gasteiger partial charge in [0.15, 0.2) is 6.61 Å². The molecule has 5 nitrogen and oxygen atoms in total. The quantitative estimate of drug-likeness (QED) is 0.767. The number of carbonyl (C=O) groups is 2. The lowest BCUT2D eigenvalue weighted by atomic mass is 9.78. The number of piperidine rings is 1. The summed E-state index contributed by atoms with van der Waals surface area (Å²) in [5.41, 5.74) is 1.39. The molecule has 0 unspecified atom stereocenters. The molecular formula is C25H30N2O3. The second-order valence-corrected chi connectivity index (χ2v) is 8.36. The summed E-state index contributed by atoms with van der Waals surface area (Å²) < 4.78 is 5.67. The molecule has 2 aromatic rings. The summed E-state index contributed by atoms with van der Waals surface area (Å²) in [5, 5.41) is 3.10. The Labute approximate surface area is 178 Å². The highest BCUT2D eigenvalue weighted by Gasteiger charge is 2.42. The summed E-state index contributed by atoms with van der Waals surface area (Å²) in [6.07, 6.45) is 7.24. The van der Waals surface area contributed by atoms with Crippen LogP contribution < -0.4 is 10.1 Å². The number of nitrogens with zero attached hydrogens (tertiary/aromatic N) is 1. The lowest BCUT2D eigenvalue weighted by molar-refractivity contribution is -0.134. The van der Waals surface area contributed by atoms with Crippen LogP contribution in [-0.2, 0) is 15.0 Å². The summed E-state index contributed by atoms with van der Waals surface area (Å²) >= 11 is 0. The number of carbonyl (C=O) groups excluding carboxylic acids is 2. The standard InChI is InChI=1S/C25H30N2O3/c28-23(27-17-7-2-8-18-27)19-30-22-13-11-21(12-14-22)26-24(29)25(15-5-6-16-25)20-9-3-1-4-10-20/h1,3-4,9-14H,2,5-8,15-19H2,(H,26,29). The molecule has 1 heterocycles. The molecule has 4 rings (SSSR count). The Bertz CT molecular complexity index is 852. The van der Waals surface area contributed by atoms with E-state index in [0.717, 1.165) is 62.9 Å². The van der Waals surface area contributed by atoms with E-state index in [9.17, 15) is 9.59 Å². The molecule has 30 heavy (non-hydrogen) atoms. The van der Waals surface area contributed by atoms with Crippen LogP contribution in [0, 0.1) is 0 Å². The van der Waals surface area contributed by atoms with Crippen molar-refractivity contribution in [1.82, 2.24) is 4.90 Å². The highest BCUT2D eigenvalue weighted by Crippen LogP contribution is 2.42. The van der Waals surface area contributed by atoms with Gasteiger partial charge >= 0.3 is 0 Å². The molecule has 2 amide bonds. The molecule has 1 aliphatic carbocycles. The van der Waals surface area contributed by atoms with E-state index in [1.54, 1.807) is 0 Å². The monoisotopic (exact) mass is 406 g/mol. The first-order valence-electron chi connectivity index (χ1n) is 11.0. The first kappa shape index (κ1) is 20.5. The Morgan fingerprint density at radius 2 is 1.53 bits per heavy atom. The lowest BCUT2D eigenvalue weighted by Gasteiger charge is -2.28.